The number of methoxy groups -OCH3 is 1. The van der Waals surface area contributed by atoms with Gasteiger partial charge in [0.1, 0.15) is 23.6 Å². The van der Waals surface area contributed by atoms with Crippen LogP contribution in [0.25, 0.3) is 20.8 Å². The number of ether oxygens (including phenoxy) is 2. The fourth-order valence-corrected chi connectivity index (χ4v) is 6.09. The fourth-order valence-electron chi connectivity index (χ4n) is 4.00. The fraction of sp³-hybridized carbons (Fsp3) is 0.417. The number of rotatable bonds is 9. The van der Waals surface area contributed by atoms with Crippen LogP contribution in [-0.4, -0.2) is 79.2 Å². The monoisotopic (exact) mass is 602 g/mol. The van der Waals surface area contributed by atoms with Gasteiger partial charge in [-0.15, -0.1) is 11.3 Å². The molecule has 1 aliphatic heterocycles. The van der Waals surface area contributed by atoms with E-state index in [4.69, 9.17) is 19.7 Å². The molecule has 216 valence electrons. The lowest BCUT2D eigenvalue weighted by atomic mass is 10.1. The Balaban J connectivity index is 1.64. The van der Waals surface area contributed by atoms with Gasteiger partial charge < -0.3 is 29.9 Å². The molecule has 3 aromatic rings. The molecule has 1 aliphatic rings. The van der Waals surface area contributed by atoms with E-state index in [0.717, 1.165) is 11.3 Å². The highest BCUT2D eigenvalue weighted by atomic mass is 32.2. The highest BCUT2D eigenvalue weighted by Crippen LogP contribution is 2.51. The maximum atomic E-state index is 14.6. The van der Waals surface area contributed by atoms with Crippen molar-refractivity contribution in [1.82, 2.24) is 20.4 Å². The number of amides is 1. The molecule has 0 radical (unpaired) electrons. The van der Waals surface area contributed by atoms with E-state index in [1.807, 2.05) is 11.9 Å². The molecule has 1 fully saturated rings. The zero-order valence-electron chi connectivity index (χ0n) is 21.6. The second-order valence-electron chi connectivity index (χ2n) is 8.73. The summed E-state index contributed by atoms with van der Waals surface area (Å²) in [5.74, 6) is -0.685. The number of benzene rings is 1. The third-order valence-corrected chi connectivity index (χ3v) is 8.08. The number of aliphatic imine (C=N–C) groups is 1. The maximum Gasteiger partial charge on any atom is 0.446 e. The molecule has 1 saturated heterocycles. The van der Waals surface area contributed by atoms with Gasteiger partial charge in [0, 0.05) is 36.6 Å². The Morgan fingerprint density at radius 2 is 2.20 bits per heavy atom. The second kappa shape index (κ2) is 12.4. The number of alkyl halides is 4. The number of hydrogen-bond donors (Lipinski definition) is 2. The zero-order valence-corrected chi connectivity index (χ0v) is 23.3. The van der Waals surface area contributed by atoms with Crippen LogP contribution in [0.5, 0.6) is 5.75 Å². The number of carbonyl (C=O) groups is 1. The number of hydrogen-bond acceptors (Lipinski definition) is 11. The van der Waals surface area contributed by atoms with Crippen LogP contribution in [0.4, 0.5) is 17.6 Å². The molecule has 2 aromatic heterocycles. The highest BCUT2D eigenvalue weighted by Gasteiger charge is 2.35. The Morgan fingerprint density at radius 1 is 1.43 bits per heavy atom. The van der Waals surface area contributed by atoms with E-state index in [0.29, 0.717) is 17.7 Å². The number of aromatic nitrogens is 2. The smallest absolute Gasteiger partial charge is 0.446 e. The molecule has 1 amide bonds. The lowest BCUT2D eigenvalue weighted by Gasteiger charge is -2.32. The molecule has 3 N–H and O–H groups in total. The van der Waals surface area contributed by atoms with Crippen molar-refractivity contribution in [3.8, 4) is 16.5 Å². The number of piperidine rings is 1. The number of carbonyl (C=O) groups excluding carboxylic acids is 1. The molecule has 0 saturated carbocycles. The normalized spacial score (nSPS) is 19.2. The van der Waals surface area contributed by atoms with Crippen LogP contribution in [0.15, 0.2) is 44.1 Å². The van der Waals surface area contributed by atoms with Crippen LogP contribution in [0, 0.1) is 0 Å². The Labute approximate surface area is 234 Å². The first-order chi connectivity index (χ1) is 19.0. The number of halogens is 4. The molecule has 0 aliphatic carbocycles. The van der Waals surface area contributed by atoms with E-state index >= 15 is 0 Å². The number of thiophene rings is 1. The summed E-state index contributed by atoms with van der Waals surface area (Å²) < 4.78 is 71.9. The minimum atomic E-state index is -4.61. The number of fused-ring (bicyclic) bond motifs is 1. The summed E-state index contributed by atoms with van der Waals surface area (Å²) in [6.45, 7) is 0.599. The van der Waals surface area contributed by atoms with Gasteiger partial charge in [-0.2, -0.15) is 18.2 Å². The first kappa shape index (κ1) is 29.6. The van der Waals surface area contributed by atoms with E-state index in [-0.39, 0.29) is 68.9 Å². The number of thioether (sulfide) groups is 1. The van der Waals surface area contributed by atoms with E-state index in [1.165, 1.54) is 26.4 Å². The van der Waals surface area contributed by atoms with Gasteiger partial charge in [-0.05, 0) is 31.3 Å². The van der Waals surface area contributed by atoms with Gasteiger partial charge in [0.15, 0.2) is 5.88 Å². The van der Waals surface area contributed by atoms with Crippen LogP contribution in [0.2, 0.25) is 0 Å². The van der Waals surface area contributed by atoms with Crippen LogP contribution in [-0.2, 0) is 16.1 Å². The molecule has 16 heteroatoms. The van der Waals surface area contributed by atoms with Gasteiger partial charge in [0.05, 0.1) is 23.2 Å². The minimum absolute atomic E-state index is 0.0363. The summed E-state index contributed by atoms with van der Waals surface area (Å²) in [4.78, 5) is 22.2. The van der Waals surface area contributed by atoms with Gasteiger partial charge in [-0.25, -0.2) is 4.39 Å². The Bertz CT molecular complexity index is 1420. The van der Waals surface area contributed by atoms with E-state index in [1.54, 1.807) is 12.1 Å². The number of nitrogens with one attached hydrogen (secondary N) is 1. The molecule has 40 heavy (non-hydrogen) atoms. The Kier molecular flexibility index (Phi) is 9.20. The highest BCUT2D eigenvalue weighted by molar-refractivity contribution is 8.00. The first-order valence-corrected chi connectivity index (χ1v) is 13.5. The third kappa shape index (κ3) is 6.85. The standard InChI is InChI=1S/C24H26F4N6O4S2/c1-30-9-13(21(29)36-3)23(35)31-10-17-32-22(33-38-17)20-19(40-24(26,27)28)12-5-4-6-16(18(12)39-20)37-15-7-8-34(2)11-14(15)25/h4-6,9,14-15H,7-8,10-11,29H2,1-3H3,(H,31,35)/b21-13-,30-9?/t14-,15+/m0/s1. The summed E-state index contributed by atoms with van der Waals surface area (Å²) in [6.07, 6.45) is -0.324. The third-order valence-electron chi connectivity index (χ3n) is 5.87. The topological polar surface area (TPSA) is 128 Å². The van der Waals surface area contributed by atoms with Crippen molar-refractivity contribution >= 4 is 45.3 Å². The van der Waals surface area contributed by atoms with Crippen LogP contribution < -0.4 is 15.8 Å². The number of nitrogens with zero attached hydrogens (tertiary/aromatic N) is 4. The van der Waals surface area contributed by atoms with Gasteiger partial charge in [-0.3, -0.25) is 9.79 Å². The largest absolute Gasteiger partial charge is 0.486 e. The van der Waals surface area contributed by atoms with Crippen molar-refractivity contribution in [2.24, 2.45) is 10.7 Å². The summed E-state index contributed by atoms with van der Waals surface area (Å²) in [5.41, 5.74) is 1.03. The first-order valence-electron chi connectivity index (χ1n) is 11.9. The SMILES string of the molecule is CN=C/C(C(=O)NCc1nc(-c2sc3c(O[C@@H]4CCN(C)C[C@@H]4F)cccc3c2SC(F)(F)F)no1)=C(\N)OC. The summed E-state index contributed by atoms with van der Waals surface area (Å²) in [7, 11) is 4.55. The van der Waals surface area contributed by atoms with Crippen LogP contribution in [0.1, 0.15) is 12.3 Å². The Morgan fingerprint density at radius 3 is 2.88 bits per heavy atom. The molecule has 1 aromatic carbocycles. The van der Waals surface area contributed by atoms with Crippen molar-refractivity contribution in [3.63, 3.8) is 0 Å². The average Bonchev–Trinajstić information content (AvgIpc) is 3.51. The van der Waals surface area contributed by atoms with E-state index in [9.17, 15) is 22.4 Å². The van der Waals surface area contributed by atoms with Gasteiger partial charge in [-0.1, -0.05) is 17.3 Å². The van der Waals surface area contributed by atoms with Crippen molar-refractivity contribution in [1.29, 1.82) is 0 Å². The van der Waals surface area contributed by atoms with Gasteiger partial charge in [0.2, 0.25) is 11.7 Å². The van der Waals surface area contributed by atoms with E-state index in [2.05, 4.69) is 20.4 Å². The van der Waals surface area contributed by atoms with Gasteiger partial charge in [0.25, 0.3) is 5.91 Å². The second-order valence-corrected chi connectivity index (χ2v) is 10.8. The lowest BCUT2D eigenvalue weighted by Crippen LogP contribution is -2.45. The molecule has 0 unspecified atom stereocenters. The summed E-state index contributed by atoms with van der Waals surface area (Å²) in [6, 6.07) is 4.69. The quantitative estimate of drug-likeness (QED) is 0.122. The minimum Gasteiger partial charge on any atom is -0.486 e. The maximum absolute atomic E-state index is 14.6. The molecule has 4 rings (SSSR count). The van der Waals surface area contributed by atoms with Crippen molar-refractivity contribution in [2.45, 2.75) is 35.6 Å². The predicted molar refractivity (Wildman–Crippen MR) is 143 cm³/mol. The zero-order chi connectivity index (χ0) is 29.0. The summed E-state index contributed by atoms with van der Waals surface area (Å²) >= 11 is 0.673. The van der Waals surface area contributed by atoms with Crippen LogP contribution in [0.3, 0.4) is 0 Å². The molecule has 3 heterocycles. The molecule has 0 spiro atoms. The average molecular weight is 603 g/mol. The van der Waals surface area contributed by atoms with Gasteiger partial charge >= 0.3 is 5.51 Å². The van der Waals surface area contributed by atoms with Crippen molar-refractivity contribution in [2.75, 3.05) is 34.3 Å². The van der Waals surface area contributed by atoms with Crippen molar-refractivity contribution < 1.29 is 36.4 Å². The summed E-state index contributed by atoms with van der Waals surface area (Å²) in [5, 5.41) is 6.64. The lowest BCUT2D eigenvalue weighted by molar-refractivity contribution is -0.117. The molecular weight excluding hydrogens is 576 g/mol. The number of nitrogens with two attached hydrogens (primary N) is 1. The Hall–Kier alpha value is -3.37. The molecule has 2 atom stereocenters. The van der Waals surface area contributed by atoms with Crippen LogP contribution >= 0.6 is 23.1 Å². The molecular formula is C24H26F4N6O4S2. The molecule has 0 bridgehead atoms. The number of likely N-dealkylation sites (tertiary alicyclic amines) is 1. The molecule has 10 nitrogen and oxygen atoms in total. The van der Waals surface area contributed by atoms with E-state index < -0.39 is 23.7 Å². The predicted octanol–water partition coefficient (Wildman–Crippen LogP) is 4.12. The van der Waals surface area contributed by atoms with Crippen molar-refractivity contribution in [3.05, 3.63) is 35.5 Å².